The van der Waals surface area contributed by atoms with Gasteiger partial charge in [0.05, 0.1) is 12.1 Å². The lowest BCUT2D eigenvalue weighted by molar-refractivity contribution is -0.205. The maximum atomic E-state index is 11.5. The molecule has 0 aliphatic rings. The van der Waals surface area contributed by atoms with Crippen molar-refractivity contribution >= 4 is 6.41 Å². The van der Waals surface area contributed by atoms with E-state index in [1.807, 2.05) is 37.3 Å². The van der Waals surface area contributed by atoms with E-state index >= 15 is 0 Å². The number of aliphatic hydroxyl groups is 1. The molecule has 1 N–H and O–H groups in total. The van der Waals surface area contributed by atoms with Crippen molar-refractivity contribution in [1.82, 2.24) is 5.06 Å². The predicted octanol–water partition coefficient (Wildman–Crippen LogP) is 7.20. The van der Waals surface area contributed by atoms with Crippen LogP contribution in [0, 0.1) is 0 Å². The van der Waals surface area contributed by atoms with Gasteiger partial charge in [-0.25, -0.2) is 5.06 Å². The van der Waals surface area contributed by atoms with Gasteiger partial charge in [0, 0.05) is 0 Å². The number of hydrogen-bond acceptors (Lipinski definition) is 3. The van der Waals surface area contributed by atoms with Gasteiger partial charge in [0.2, 0.25) is 6.41 Å². The van der Waals surface area contributed by atoms with Crippen LogP contribution in [-0.4, -0.2) is 28.7 Å². The Morgan fingerprint density at radius 3 is 1.84 bits per heavy atom. The van der Waals surface area contributed by atoms with Crippen LogP contribution in [0.25, 0.3) is 0 Å². The number of carbonyl (C=O) groups excluding carboxylic acids is 1. The zero-order valence-corrected chi connectivity index (χ0v) is 20.1. The summed E-state index contributed by atoms with van der Waals surface area (Å²) in [5.41, 5.74) is 1.01. The molecule has 0 aliphatic heterocycles. The normalized spacial score (nSPS) is 13.1. The van der Waals surface area contributed by atoms with E-state index < -0.39 is 6.10 Å². The van der Waals surface area contributed by atoms with Crippen LogP contribution < -0.4 is 0 Å². The van der Waals surface area contributed by atoms with E-state index in [0.29, 0.717) is 19.4 Å². The lowest BCUT2D eigenvalue weighted by Gasteiger charge is -2.30. The highest BCUT2D eigenvalue weighted by Crippen LogP contribution is 2.17. The average Bonchev–Trinajstić information content (AvgIpc) is 2.80. The van der Waals surface area contributed by atoms with Crippen molar-refractivity contribution in [3.8, 4) is 0 Å². The van der Waals surface area contributed by atoms with E-state index in [1.165, 1.54) is 75.7 Å². The molecule has 0 aromatic heterocycles. The molecule has 1 rings (SSSR count). The SMILES string of the molecule is CCCCCCCCCCCCCCC[C@H](O)[C@H](CC)N(C=O)OCc1ccccc1. The maximum absolute atomic E-state index is 11.5. The molecule has 2 atom stereocenters. The highest BCUT2D eigenvalue weighted by atomic mass is 16.7. The Bertz CT molecular complexity index is 522. The van der Waals surface area contributed by atoms with Gasteiger partial charge < -0.3 is 5.11 Å². The van der Waals surface area contributed by atoms with Crippen LogP contribution in [0.3, 0.4) is 0 Å². The molecule has 178 valence electrons. The van der Waals surface area contributed by atoms with Crippen molar-refractivity contribution in [1.29, 1.82) is 0 Å². The van der Waals surface area contributed by atoms with E-state index in [-0.39, 0.29) is 6.04 Å². The molecule has 0 radical (unpaired) electrons. The summed E-state index contributed by atoms with van der Waals surface area (Å²) in [5.74, 6) is 0. The van der Waals surface area contributed by atoms with Gasteiger partial charge in [0.25, 0.3) is 0 Å². The van der Waals surface area contributed by atoms with Crippen LogP contribution in [0.2, 0.25) is 0 Å². The Hall–Kier alpha value is -1.39. The fourth-order valence-electron chi connectivity index (χ4n) is 4.11. The van der Waals surface area contributed by atoms with Crippen molar-refractivity contribution in [3.05, 3.63) is 35.9 Å². The minimum atomic E-state index is -0.543. The summed E-state index contributed by atoms with van der Waals surface area (Å²) in [4.78, 5) is 17.2. The molecule has 1 aromatic rings. The number of unbranched alkanes of at least 4 members (excludes halogenated alkanes) is 12. The number of amides is 1. The van der Waals surface area contributed by atoms with E-state index in [1.54, 1.807) is 0 Å². The molecule has 0 heterocycles. The summed E-state index contributed by atoms with van der Waals surface area (Å²) >= 11 is 0. The second-order valence-corrected chi connectivity index (χ2v) is 8.80. The van der Waals surface area contributed by atoms with Crippen molar-refractivity contribution < 1.29 is 14.7 Å². The van der Waals surface area contributed by atoms with Gasteiger partial charge in [0.15, 0.2) is 0 Å². The van der Waals surface area contributed by atoms with Crippen LogP contribution in [0.1, 0.15) is 116 Å². The number of hydrogen-bond donors (Lipinski definition) is 1. The molecule has 0 fully saturated rings. The van der Waals surface area contributed by atoms with Gasteiger partial charge >= 0.3 is 0 Å². The average molecular weight is 434 g/mol. The number of aliphatic hydroxyl groups excluding tert-OH is 1. The van der Waals surface area contributed by atoms with Gasteiger partial charge in [-0.05, 0) is 18.4 Å². The monoisotopic (exact) mass is 433 g/mol. The number of carbonyl (C=O) groups is 1. The third kappa shape index (κ3) is 13.6. The molecule has 0 saturated heterocycles. The Kier molecular flexibility index (Phi) is 17.2. The zero-order chi connectivity index (χ0) is 22.6. The van der Waals surface area contributed by atoms with Gasteiger partial charge in [-0.15, -0.1) is 0 Å². The largest absolute Gasteiger partial charge is 0.391 e. The summed E-state index contributed by atoms with van der Waals surface area (Å²) in [5, 5.41) is 11.9. The standard InChI is InChI=1S/C27H47NO3/c1-3-5-6-7-8-9-10-11-12-13-14-15-19-22-27(30)26(4-2)28(24-29)31-23-25-20-17-16-18-21-25/h16-18,20-21,24,26-27,30H,3-15,19,22-23H2,1-2H3/t26-,27-/m0/s1. The van der Waals surface area contributed by atoms with Crippen LogP contribution in [0.5, 0.6) is 0 Å². The smallest absolute Gasteiger partial charge is 0.233 e. The Morgan fingerprint density at radius 1 is 0.839 bits per heavy atom. The summed E-state index contributed by atoms with van der Waals surface area (Å²) in [6.07, 6.45) is 18.6. The third-order valence-corrected chi connectivity index (χ3v) is 6.12. The molecular formula is C27H47NO3. The van der Waals surface area contributed by atoms with Crippen molar-refractivity contribution in [3.63, 3.8) is 0 Å². The molecule has 4 nitrogen and oxygen atoms in total. The second-order valence-electron chi connectivity index (χ2n) is 8.80. The molecule has 0 unspecified atom stereocenters. The van der Waals surface area contributed by atoms with Crippen LogP contribution in [-0.2, 0) is 16.2 Å². The quantitative estimate of drug-likeness (QED) is 0.127. The first-order chi connectivity index (χ1) is 15.2. The molecule has 0 bridgehead atoms. The number of nitrogens with zero attached hydrogens (tertiary/aromatic N) is 1. The molecule has 0 saturated carbocycles. The number of benzene rings is 1. The minimum absolute atomic E-state index is 0.293. The van der Waals surface area contributed by atoms with Gasteiger partial charge in [-0.1, -0.05) is 128 Å². The van der Waals surface area contributed by atoms with E-state index in [4.69, 9.17) is 4.84 Å². The minimum Gasteiger partial charge on any atom is -0.391 e. The maximum Gasteiger partial charge on any atom is 0.233 e. The number of hydroxylamine groups is 2. The van der Waals surface area contributed by atoms with E-state index in [9.17, 15) is 9.90 Å². The van der Waals surface area contributed by atoms with E-state index in [0.717, 1.165) is 24.8 Å². The van der Waals surface area contributed by atoms with Crippen molar-refractivity contribution in [2.45, 2.75) is 129 Å². The molecule has 4 heteroatoms. The van der Waals surface area contributed by atoms with Gasteiger partial charge in [0.1, 0.15) is 6.61 Å². The highest BCUT2D eigenvalue weighted by Gasteiger charge is 2.24. The summed E-state index contributed by atoms with van der Waals surface area (Å²) in [6, 6.07) is 9.49. The Morgan fingerprint density at radius 2 is 1.35 bits per heavy atom. The summed E-state index contributed by atoms with van der Waals surface area (Å²) in [6.45, 7) is 4.59. The van der Waals surface area contributed by atoms with Crippen LogP contribution >= 0.6 is 0 Å². The highest BCUT2D eigenvalue weighted by molar-refractivity contribution is 5.46. The Labute approximate surface area is 191 Å². The lowest BCUT2D eigenvalue weighted by atomic mass is 10.0. The third-order valence-electron chi connectivity index (χ3n) is 6.12. The fourth-order valence-corrected chi connectivity index (χ4v) is 4.11. The molecule has 0 spiro atoms. The van der Waals surface area contributed by atoms with E-state index in [2.05, 4.69) is 6.92 Å². The molecule has 31 heavy (non-hydrogen) atoms. The first-order valence-electron chi connectivity index (χ1n) is 12.8. The predicted molar refractivity (Wildman–Crippen MR) is 130 cm³/mol. The molecule has 0 aliphatic carbocycles. The van der Waals surface area contributed by atoms with Crippen molar-refractivity contribution in [2.75, 3.05) is 0 Å². The molecular weight excluding hydrogens is 386 g/mol. The van der Waals surface area contributed by atoms with Gasteiger partial charge in [-0.3, -0.25) is 9.63 Å². The lowest BCUT2D eigenvalue weighted by Crippen LogP contribution is -2.42. The first-order valence-corrected chi connectivity index (χ1v) is 12.8. The Balaban J connectivity index is 2.09. The number of rotatable bonds is 21. The van der Waals surface area contributed by atoms with Gasteiger partial charge in [-0.2, -0.15) is 0 Å². The summed E-state index contributed by atoms with van der Waals surface area (Å²) < 4.78 is 0. The van der Waals surface area contributed by atoms with Crippen LogP contribution in [0.15, 0.2) is 30.3 Å². The summed E-state index contributed by atoms with van der Waals surface area (Å²) in [7, 11) is 0. The topological polar surface area (TPSA) is 49.8 Å². The second kappa shape index (κ2) is 19.3. The molecule has 1 aromatic carbocycles. The van der Waals surface area contributed by atoms with Crippen LogP contribution in [0.4, 0.5) is 0 Å². The van der Waals surface area contributed by atoms with Crippen molar-refractivity contribution in [2.24, 2.45) is 0 Å². The molecule has 1 amide bonds. The fraction of sp³-hybridized carbons (Fsp3) is 0.741. The first kappa shape index (κ1) is 27.6. The zero-order valence-electron chi connectivity index (χ0n) is 20.1.